The minimum absolute atomic E-state index is 0.831. The molecule has 1 aliphatic heterocycles. The van der Waals surface area contributed by atoms with Gasteiger partial charge in [-0.25, -0.2) is 0 Å². The third-order valence-corrected chi connectivity index (χ3v) is 4.55. The summed E-state index contributed by atoms with van der Waals surface area (Å²) in [6.45, 7) is 11.0. The molecule has 2 rings (SSSR count). The summed E-state index contributed by atoms with van der Waals surface area (Å²) in [6.07, 6.45) is 5.61. The lowest BCUT2D eigenvalue weighted by molar-refractivity contribution is 0.0324. The average molecular weight is 224 g/mol. The zero-order valence-electron chi connectivity index (χ0n) is 11.2. The first-order valence-corrected chi connectivity index (χ1v) is 7.18. The quantitative estimate of drug-likeness (QED) is 0.789. The van der Waals surface area contributed by atoms with E-state index in [1.165, 1.54) is 45.3 Å². The molecule has 1 aliphatic carbocycles. The van der Waals surface area contributed by atoms with E-state index in [-0.39, 0.29) is 0 Å². The molecule has 0 aromatic carbocycles. The molecule has 2 aliphatic rings. The van der Waals surface area contributed by atoms with E-state index in [9.17, 15) is 0 Å². The largest absolute Gasteiger partial charge is 0.314 e. The molecular formula is C14H28N2. The van der Waals surface area contributed by atoms with Crippen LogP contribution in [-0.4, -0.2) is 36.6 Å². The zero-order chi connectivity index (χ0) is 11.5. The smallest absolute Gasteiger partial charge is 0.0348 e. The number of nitrogens with zero attached hydrogens (tertiary/aromatic N) is 1. The Kier molecular flexibility index (Phi) is 4.26. The molecule has 1 heterocycles. The Balaban J connectivity index is 1.98. The normalized spacial score (nSPS) is 36.4. The van der Waals surface area contributed by atoms with Gasteiger partial charge in [-0.15, -0.1) is 0 Å². The van der Waals surface area contributed by atoms with Crippen LogP contribution in [0.25, 0.3) is 0 Å². The van der Waals surface area contributed by atoms with Crippen molar-refractivity contribution >= 4 is 0 Å². The minimum Gasteiger partial charge on any atom is -0.314 e. The van der Waals surface area contributed by atoms with Gasteiger partial charge >= 0.3 is 0 Å². The maximum Gasteiger partial charge on any atom is 0.0348 e. The first-order chi connectivity index (χ1) is 7.72. The summed E-state index contributed by atoms with van der Waals surface area (Å²) in [7, 11) is 0. The molecule has 3 atom stereocenters. The summed E-state index contributed by atoms with van der Waals surface area (Å²) in [6, 6.07) is 1.69. The lowest BCUT2D eigenvalue weighted by Crippen LogP contribution is -2.61. The van der Waals surface area contributed by atoms with Gasteiger partial charge in [0, 0.05) is 25.2 Å². The van der Waals surface area contributed by atoms with Crippen molar-refractivity contribution in [1.29, 1.82) is 0 Å². The lowest BCUT2D eigenvalue weighted by atomic mass is 9.78. The number of hydrogen-bond acceptors (Lipinski definition) is 2. The Hall–Kier alpha value is -0.0800. The van der Waals surface area contributed by atoms with E-state index in [1.54, 1.807) is 0 Å². The molecule has 1 saturated carbocycles. The zero-order valence-corrected chi connectivity index (χ0v) is 11.2. The molecular weight excluding hydrogens is 196 g/mol. The van der Waals surface area contributed by atoms with E-state index in [0.717, 1.165) is 23.9 Å². The summed E-state index contributed by atoms with van der Waals surface area (Å²) in [4.78, 5) is 2.82. The van der Waals surface area contributed by atoms with Crippen LogP contribution in [0, 0.1) is 11.8 Å². The highest BCUT2D eigenvalue weighted by molar-refractivity contribution is 4.92. The SMILES string of the molecule is CCCN(C1CNC1)C1CC(C)CCC1C. The summed E-state index contributed by atoms with van der Waals surface area (Å²) in [5.41, 5.74) is 0. The van der Waals surface area contributed by atoms with Crippen molar-refractivity contribution in [2.45, 2.75) is 58.5 Å². The highest BCUT2D eigenvalue weighted by Gasteiger charge is 2.35. The molecule has 1 saturated heterocycles. The van der Waals surface area contributed by atoms with Gasteiger partial charge in [0.2, 0.25) is 0 Å². The van der Waals surface area contributed by atoms with Crippen LogP contribution >= 0.6 is 0 Å². The fourth-order valence-electron chi connectivity index (χ4n) is 3.35. The van der Waals surface area contributed by atoms with Crippen molar-refractivity contribution in [2.75, 3.05) is 19.6 Å². The van der Waals surface area contributed by atoms with Crippen LogP contribution in [0.4, 0.5) is 0 Å². The molecule has 0 aromatic rings. The second kappa shape index (κ2) is 5.50. The molecule has 2 nitrogen and oxygen atoms in total. The molecule has 94 valence electrons. The average Bonchev–Trinajstić information content (AvgIpc) is 2.18. The molecule has 0 spiro atoms. The van der Waals surface area contributed by atoms with Crippen molar-refractivity contribution in [3.63, 3.8) is 0 Å². The third kappa shape index (κ3) is 2.60. The van der Waals surface area contributed by atoms with Crippen LogP contribution in [0.5, 0.6) is 0 Å². The molecule has 1 N–H and O–H groups in total. The fourth-order valence-corrected chi connectivity index (χ4v) is 3.35. The van der Waals surface area contributed by atoms with Gasteiger partial charge < -0.3 is 5.32 Å². The molecule has 0 bridgehead atoms. The van der Waals surface area contributed by atoms with Crippen molar-refractivity contribution in [2.24, 2.45) is 11.8 Å². The van der Waals surface area contributed by atoms with Crippen molar-refractivity contribution in [1.82, 2.24) is 10.2 Å². The van der Waals surface area contributed by atoms with Crippen molar-refractivity contribution < 1.29 is 0 Å². The first-order valence-electron chi connectivity index (χ1n) is 7.18. The predicted octanol–water partition coefficient (Wildman–Crippen LogP) is 2.49. The van der Waals surface area contributed by atoms with E-state index in [0.29, 0.717) is 0 Å². The van der Waals surface area contributed by atoms with Crippen LogP contribution in [0.1, 0.15) is 46.5 Å². The second-order valence-corrected chi connectivity index (χ2v) is 6.01. The monoisotopic (exact) mass is 224 g/mol. The highest BCUT2D eigenvalue weighted by Crippen LogP contribution is 2.33. The molecule has 2 heteroatoms. The van der Waals surface area contributed by atoms with Gasteiger partial charge in [-0.1, -0.05) is 27.2 Å². The summed E-state index contributed by atoms with van der Waals surface area (Å²) >= 11 is 0. The second-order valence-electron chi connectivity index (χ2n) is 6.01. The van der Waals surface area contributed by atoms with Gasteiger partial charge in [-0.05, 0) is 37.6 Å². The Morgan fingerprint density at radius 2 is 1.94 bits per heavy atom. The summed E-state index contributed by atoms with van der Waals surface area (Å²) < 4.78 is 0. The van der Waals surface area contributed by atoms with Crippen LogP contribution in [0.2, 0.25) is 0 Å². The Bertz CT molecular complexity index is 211. The highest BCUT2D eigenvalue weighted by atomic mass is 15.3. The molecule has 3 unspecified atom stereocenters. The number of hydrogen-bond donors (Lipinski definition) is 1. The van der Waals surface area contributed by atoms with Gasteiger partial charge in [-0.2, -0.15) is 0 Å². The fraction of sp³-hybridized carbons (Fsp3) is 1.00. The van der Waals surface area contributed by atoms with Gasteiger partial charge in [0.25, 0.3) is 0 Å². The van der Waals surface area contributed by atoms with Crippen LogP contribution < -0.4 is 5.32 Å². The van der Waals surface area contributed by atoms with Crippen molar-refractivity contribution in [3.8, 4) is 0 Å². The third-order valence-electron chi connectivity index (χ3n) is 4.55. The Morgan fingerprint density at radius 3 is 2.50 bits per heavy atom. The molecule has 2 fully saturated rings. The Morgan fingerprint density at radius 1 is 1.19 bits per heavy atom. The van der Waals surface area contributed by atoms with E-state index in [2.05, 4.69) is 31.0 Å². The predicted molar refractivity (Wildman–Crippen MR) is 69.6 cm³/mol. The maximum atomic E-state index is 3.42. The first kappa shape index (κ1) is 12.4. The van der Waals surface area contributed by atoms with Crippen LogP contribution in [0.15, 0.2) is 0 Å². The molecule has 16 heavy (non-hydrogen) atoms. The number of nitrogens with one attached hydrogen (secondary N) is 1. The Labute approximate surface area is 101 Å². The molecule has 0 radical (unpaired) electrons. The van der Waals surface area contributed by atoms with Gasteiger partial charge in [0.1, 0.15) is 0 Å². The minimum atomic E-state index is 0.831. The van der Waals surface area contributed by atoms with E-state index < -0.39 is 0 Å². The van der Waals surface area contributed by atoms with Crippen molar-refractivity contribution in [3.05, 3.63) is 0 Å². The van der Waals surface area contributed by atoms with E-state index in [4.69, 9.17) is 0 Å². The summed E-state index contributed by atoms with van der Waals surface area (Å²) in [5.74, 6) is 1.84. The van der Waals surface area contributed by atoms with Gasteiger partial charge in [0.15, 0.2) is 0 Å². The van der Waals surface area contributed by atoms with Gasteiger partial charge in [0.05, 0.1) is 0 Å². The molecule has 0 aromatic heterocycles. The molecule has 0 amide bonds. The standard InChI is InChI=1S/C14H28N2/c1-4-7-16(13-9-15-10-13)14-8-11(2)5-6-12(14)3/h11-15H,4-10H2,1-3H3. The van der Waals surface area contributed by atoms with E-state index in [1.807, 2.05) is 0 Å². The lowest BCUT2D eigenvalue weighted by Gasteiger charge is -2.47. The van der Waals surface area contributed by atoms with Crippen LogP contribution in [-0.2, 0) is 0 Å². The summed E-state index contributed by atoms with van der Waals surface area (Å²) in [5, 5.41) is 3.42. The number of rotatable bonds is 4. The maximum absolute atomic E-state index is 3.42. The van der Waals surface area contributed by atoms with Gasteiger partial charge in [-0.3, -0.25) is 4.90 Å². The van der Waals surface area contributed by atoms with Crippen LogP contribution in [0.3, 0.4) is 0 Å². The topological polar surface area (TPSA) is 15.3 Å². The van der Waals surface area contributed by atoms with E-state index >= 15 is 0 Å².